The van der Waals surface area contributed by atoms with Gasteiger partial charge < -0.3 is 16.4 Å². The maximum Gasteiger partial charge on any atom is 0.269 e. The van der Waals surface area contributed by atoms with E-state index in [2.05, 4.69) is 31.5 Å². The molecule has 0 fully saturated rings. The molecule has 0 saturated heterocycles. The van der Waals surface area contributed by atoms with Gasteiger partial charge in [0.1, 0.15) is 10.7 Å². The molecule has 8 heteroatoms. The molecule has 2 aromatic rings. The number of nitrogens with one attached hydrogen (secondary N) is 2. The molecule has 0 radical (unpaired) electrons. The second-order valence-electron chi connectivity index (χ2n) is 4.62. The van der Waals surface area contributed by atoms with Crippen LogP contribution in [0.2, 0.25) is 5.02 Å². The number of rotatable bonds is 4. The number of thiazole rings is 1. The van der Waals surface area contributed by atoms with Gasteiger partial charge >= 0.3 is 0 Å². The molecule has 0 aliphatic carbocycles. The third-order valence-corrected chi connectivity index (χ3v) is 4.66. The number of hydrogen-bond acceptors (Lipinski definition) is 5. The Kier molecular flexibility index (Phi) is 5.08. The van der Waals surface area contributed by atoms with Crippen molar-refractivity contribution in [2.75, 3.05) is 16.4 Å². The second kappa shape index (κ2) is 6.64. The lowest BCUT2D eigenvalue weighted by atomic mass is 10.3. The second-order valence-corrected chi connectivity index (χ2v) is 6.88. The molecule has 0 bridgehead atoms. The van der Waals surface area contributed by atoms with Crippen molar-refractivity contribution in [1.29, 1.82) is 0 Å². The first kappa shape index (κ1) is 16.1. The minimum Gasteiger partial charge on any atom is -0.382 e. The minimum absolute atomic E-state index is 0.216. The van der Waals surface area contributed by atoms with Crippen molar-refractivity contribution in [2.24, 2.45) is 0 Å². The summed E-state index contributed by atoms with van der Waals surface area (Å²) in [5.74, 6) is -0.0790. The van der Waals surface area contributed by atoms with Crippen LogP contribution in [0.3, 0.4) is 0 Å². The number of carbonyl (C=O) groups excluding carboxylic acids is 1. The van der Waals surface area contributed by atoms with Crippen molar-refractivity contribution >= 4 is 61.4 Å². The molecular weight excluding hydrogens is 376 g/mol. The molecule has 2 rings (SSSR count). The van der Waals surface area contributed by atoms with Crippen LogP contribution in [0.25, 0.3) is 0 Å². The zero-order valence-corrected chi connectivity index (χ0v) is 14.6. The number of nitrogens with zero attached hydrogens (tertiary/aromatic N) is 1. The number of hydrogen-bond donors (Lipinski definition) is 3. The molecule has 0 aliphatic heterocycles. The highest BCUT2D eigenvalue weighted by Gasteiger charge is 2.17. The Balaban J connectivity index is 2.16. The highest BCUT2D eigenvalue weighted by atomic mass is 79.9. The monoisotopic (exact) mass is 388 g/mol. The molecule has 0 aliphatic rings. The van der Waals surface area contributed by atoms with Gasteiger partial charge in [-0.1, -0.05) is 22.9 Å². The first-order valence-electron chi connectivity index (χ1n) is 6.16. The van der Waals surface area contributed by atoms with Gasteiger partial charge in [0.15, 0.2) is 5.13 Å². The number of carbonyl (C=O) groups is 1. The van der Waals surface area contributed by atoms with Crippen LogP contribution in [0.15, 0.2) is 22.7 Å². The van der Waals surface area contributed by atoms with Crippen LogP contribution in [0, 0.1) is 0 Å². The van der Waals surface area contributed by atoms with Crippen LogP contribution in [0.1, 0.15) is 23.5 Å². The maximum atomic E-state index is 12.2. The third-order valence-electron chi connectivity index (χ3n) is 2.45. The summed E-state index contributed by atoms with van der Waals surface area (Å²) in [5, 5.41) is 7.10. The van der Waals surface area contributed by atoms with Crippen molar-refractivity contribution in [3.63, 3.8) is 0 Å². The highest BCUT2D eigenvalue weighted by molar-refractivity contribution is 9.10. The number of aromatic nitrogens is 1. The van der Waals surface area contributed by atoms with E-state index in [1.807, 2.05) is 13.8 Å². The lowest BCUT2D eigenvalue weighted by Gasteiger charge is -2.05. The smallest absolute Gasteiger partial charge is 0.269 e. The Morgan fingerprint density at radius 2 is 2.19 bits per heavy atom. The zero-order chi connectivity index (χ0) is 15.6. The summed E-state index contributed by atoms with van der Waals surface area (Å²) >= 11 is 10.5. The predicted octanol–water partition coefficient (Wildman–Crippen LogP) is 4.21. The van der Waals surface area contributed by atoms with Gasteiger partial charge in [-0.2, -0.15) is 0 Å². The molecule has 112 valence electrons. The molecule has 0 spiro atoms. The standard InChI is InChI=1S/C13H14BrClN4OS/c1-6(2)17-13-19-11(16)10(21-13)12(20)18-7-3-4-9(15)8(14)5-7/h3-6H,16H2,1-2H3,(H,17,19)(H,18,20). The molecule has 21 heavy (non-hydrogen) atoms. The molecule has 0 unspecified atom stereocenters. The van der Waals surface area contributed by atoms with Crippen molar-refractivity contribution in [1.82, 2.24) is 4.98 Å². The van der Waals surface area contributed by atoms with Gasteiger partial charge in [-0.3, -0.25) is 4.79 Å². The Labute approximate surface area is 140 Å². The molecular formula is C13H14BrClN4OS. The number of nitrogen functional groups attached to an aromatic ring is 1. The fourth-order valence-electron chi connectivity index (χ4n) is 1.57. The lowest BCUT2D eigenvalue weighted by molar-refractivity contribution is 0.103. The number of anilines is 3. The van der Waals surface area contributed by atoms with Crippen molar-refractivity contribution in [3.05, 3.63) is 32.6 Å². The SMILES string of the molecule is CC(C)Nc1nc(N)c(C(=O)Nc2ccc(Cl)c(Br)c2)s1. The van der Waals surface area contributed by atoms with E-state index in [0.29, 0.717) is 25.2 Å². The summed E-state index contributed by atoms with van der Waals surface area (Å²) in [6.07, 6.45) is 0. The first-order valence-corrected chi connectivity index (χ1v) is 8.15. The van der Waals surface area contributed by atoms with Gasteiger partial charge in [-0.15, -0.1) is 0 Å². The average molecular weight is 390 g/mol. The van der Waals surface area contributed by atoms with Gasteiger partial charge in [0.05, 0.1) is 5.02 Å². The summed E-state index contributed by atoms with van der Waals surface area (Å²) in [5.41, 5.74) is 6.42. The van der Waals surface area contributed by atoms with Crippen molar-refractivity contribution in [2.45, 2.75) is 19.9 Å². The molecule has 5 nitrogen and oxygen atoms in total. The summed E-state index contributed by atoms with van der Waals surface area (Å²) in [6.45, 7) is 3.98. The Morgan fingerprint density at radius 1 is 1.48 bits per heavy atom. The fourth-order valence-corrected chi connectivity index (χ4v) is 2.99. The van der Waals surface area contributed by atoms with E-state index < -0.39 is 0 Å². The van der Waals surface area contributed by atoms with Gasteiger partial charge in [0.2, 0.25) is 0 Å². The molecule has 4 N–H and O–H groups in total. The molecule has 0 saturated carbocycles. The largest absolute Gasteiger partial charge is 0.382 e. The number of benzene rings is 1. The molecule has 0 atom stereocenters. The topological polar surface area (TPSA) is 80.0 Å². The average Bonchev–Trinajstić information content (AvgIpc) is 2.74. The first-order chi connectivity index (χ1) is 9.86. The van der Waals surface area contributed by atoms with Crippen molar-refractivity contribution < 1.29 is 4.79 Å². The van der Waals surface area contributed by atoms with Gasteiger partial charge in [0.25, 0.3) is 5.91 Å². The molecule has 1 aromatic carbocycles. The number of amides is 1. The van der Waals surface area contributed by atoms with Gasteiger partial charge in [-0.05, 0) is 48.0 Å². The molecule has 1 heterocycles. The summed E-state index contributed by atoms with van der Waals surface area (Å²) in [6, 6.07) is 5.36. The van der Waals surface area contributed by atoms with Crippen LogP contribution >= 0.6 is 38.9 Å². The van der Waals surface area contributed by atoms with E-state index in [1.165, 1.54) is 11.3 Å². The quantitative estimate of drug-likeness (QED) is 0.731. The van der Waals surface area contributed by atoms with Crippen LogP contribution in [0.5, 0.6) is 0 Å². The maximum absolute atomic E-state index is 12.2. The predicted molar refractivity (Wildman–Crippen MR) is 92.4 cm³/mol. The fraction of sp³-hybridized carbons (Fsp3) is 0.231. The van der Waals surface area contributed by atoms with Gasteiger partial charge in [-0.25, -0.2) is 4.98 Å². The van der Waals surface area contributed by atoms with Gasteiger partial charge in [0, 0.05) is 16.2 Å². The summed E-state index contributed by atoms with van der Waals surface area (Å²) in [7, 11) is 0. The third kappa shape index (κ3) is 4.09. The summed E-state index contributed by atoms with van der Waals surface area (Å²) in [4.78, 5) is 16.8. The van der Waals surface area contributed by atoms with Crippen LogP contribution in [-0.4, -0.2) is 16.9 Å². The molecule has 1 amide bonds. The van der Waals surface area contributed by atoms with E-state index in [9.17, 15) is 4.79 Å². The number of nitrogens with two attached hydrogens (primary N) is 1. The highest BCUT2D eigenvalue weighted by Crippen LogP contribution is 2.28. The Morgan fingerprint density at radius 3 is 2.81 bits per heavy atom. The van der Waals surface area contributed by atoms with E-state index in [0.717, 1.165) is 0 Å². The zero-order valence-electron chi connectivity index (χ0n) is 11.4. The van der Waals surface area contributed by atoms with Crippen LogP contribution in [0.4, 0.5) is 16.6 Å². The number of halogens is 2. The van der Waals surface area contributed by atoms with E-state index in [1.54, 1.807) is 18.2 Å². The van der Waals surface area contributed by atoms with E-state index >= 15 is 0 Å². The normalized spacial score (nSPS) is 10.7. The lowest BCUT2D eigenvalue weighted by Crippen LogP contribution is -2.12. The molecule has 1 aromatic heterocycles. The van der Waals surface area contributed by atoms with Crippen LogP contribution in [-0.2, 0) is 0 Å². The van der Waals surface area contributed by atoms with Crippen molar-refractivity contribution in [3.8, 4) is 0 Å². The Hall–Kier alpha value is -1.31. The van der Waals surface area contributed by atoms with E-state index in [-0.39, 0.29) is 17.8 Å². The Bertz CT molecular complexity index is 674. The summed E-state index contributed by atoms with van der Waals surface area (Å²) < 4.78 is 0.710. The minimum atomic E-state index is -0.295. The van der Waals surface area contributed by atoms with Crippen LogP contribution < -0.4 is 16.4 Å². The van der Waals surface area contributed by atoms with E-state index in [4.69, 9.17) is 17.3 Å².